The zero-order chi connectivity index (χ0) is 41.9. The second kappa shape index (κ2) is 19.6. The van der Waals surface area contributed by atoms with Crippen LogP contribution in [0.3, 0.4) is 0 Å². The third-order valence-electron chi connectivity index (χ3n) is 10.9. The molecule has 0 saturated heterocycles. The van der Waals surface area contributed by atoms with Crippen molar-refractivity contribution in [3.63, 3.8) is 0 Å². The first-order valence-electron chi connectivity index (χ1n) is 19.7. The summed E-state index contributed by atoms with van der Waals surface area (Å²) in [5.74, 6) is -1.19. The Morgan fingerprint density at radius 1 is 0.776 bits per heavy atom. The minimum absolute atomic E-state index is 0.0649. The summed E-state index contributed by atoms with van der Waals surface area (Å²) in [7, 11) is 1.23. The van der Waals surface area contributed by atoms with Crippen molar-refractivity contribution in [1.29, 1.82) is 0 Å². The van der Waals surface area contributed by atoms with Gasteiger partial charge in [-0.2, -0.15) is 0 Å². The number of nitrogens with one attached hydrogen (secondary N) is 4. The van der Waals surface area contributed by atoms with E-state index in [1.807, 2.05) is 150 Å². The molecule has 0 heterocycles. The maximum Gasteiger partial charge on any atom is 0.407 e. The number of methoxy groups -OCH3 is 1. The zero-order valence-electron chi connectivity index (χ0n) is 34.2. The number of benzene rings is 4. The number of hydrogen-bond acceptors (Lipinski definition) is 8. The number of nitrogens with zero attached hydrogens (tertiary/aromatic N) is 1. The van der Waals surface area contributed by atoms with Crippen LogP contribution in [0.15, 0.2) is 115 Å². The lowest BCUT2D eigenvalue weighted by atomic mass is 9.58. The maximum atomic E-state index is 14.0. The number of alkyl carbamates (subject to hydrolysis) is 2. The molecule has 12 nitrogen and oxygen atoms in total. The van der Waals surface area contributed by atoms with Crippen LogP contribution in [0, 0.1) is 16.7 Å². The molecular formula is C46H57N5O7. The molecule has 5 rings (SSSR count). The molecule has 0 aromatic heterocycles. The normalized spacial score (nSPS) is 17.4. The maximum absolute atomic E-state index is 14.0. The first-order valence-corrected chi connectivity index (χ1v) is 19.7. The summed E-state index contributed by atoms with van der Waals surface area (Å²) in [5.41, 5.74) is 6.40. The second-order valence-electron chi connectivity index (χ2n) is 16.6. The van der Waals surface area contributed by atoms with Crippen LogP contribution in [0.4, 0.5) is 9.59 Å². The average Bonchev–Trinajstić information content (AvgIpc) is 3.21. The molecule has 0 unspecified atom stereocenters. The number of carbonyl (C=O) groups is 4. The van der Waals surface area contributed by atoms with Crippen LogP contribution in [0.2, 0.25) is 0 Å². The lowest BCUT2D eigenvalue weighted by Gasteiger charge is -2.51. The van der Waals surface area contributed by atoms with Crippen molar-refractivity contribution >= 4 is 24.0 Å². The van der Waals surface area contributed by atoms with Gasteiger partial charge in [0, 0.05) is 25.0 Å². The van der Waals surface area contributed by atoms with Crippen molar-refractivity contribution in [3.05, 3.63) is 132 Å². The van der Waals surface area contributed by atoms with E-state index in [0.717, 1.165) is 27.8 Å². The summed E-state index contributed by atoms with van der Waals surface area (Å²) in [4.78, 5) is 52.9. The molecule has 4 aromatic carbocycles. The Morgan fingerprint density at radius 3 is 1.91 bits per heavy atom. The summed E-state index contributed by atoms with van der Waals surface area (Å²) in [6.07, 6.45) is -1.73. The van der Waals surface area contributed by atoms with Crippen LogP contribution in [-0.4, -0.2) is 72.0 Å². The van der Waals surface area contributed by atoms with Gasteiger partial charge in [-0.05, 0) is 51.5 Å². The molecule has 1 saturated carbocycles. The molecule has 0 aliphatic heterocycles. The quantitative estimate of drug-likeness (QED) is 0.0818. The van der Waals surface area contributed by atoms with Crippen LogP contribution < -0.4 is 21.4 Å². The van der Waals surface area contributed by atoms with Crippen LogP contribution in [0.5, 0.6) is 0 Å². The number of rotatable bonds is 16. The van der Waals surface area contributed by atoms with E-state index in [2.05, 4.69) is 21.4 Å². The minimum atomic E-state index is -1.15. The lowest BCUT2D eigenvalue weighted by Crippen LogP contribution is -2.64. The van der Waals surface area contributed by atoms with Crippen LogP contribution >= 0.6 is 0 Å². The van der Waals surface area contributed by atoms with Gasteiger partial charge in [-0.1, -0.05) is 150 Å². The number of aliphatic hydroxyl groups is 1. The Labute approximate surface area is 341 Å². The highest BCUT2D eigenvalue weighted by atomic mass is 16.5. The molecule has 12 heteroatoms. The SMILES string of the molecule is COC(=O)N[C@H](C(=O)NN(Cc1ccc(-c2ccccc2)cc1)C[C@H](O)[C@H](Cc1ccccc1)NC(=O)[C@@H]1C[C@H](NC(=O)OCc2ccccc2)C1(C)C)C(C)(C)C. The average molecular weight is 792 g/mol. The number of hydrogen-bond donors (Lipinski definition) is 5. The van der Waals surface area contributed by atoms with E-state index in [0.29, 0.717) is 12.8 Å². The summed E-state index contributed by atoms with van der Waals surface area (Å²) in [6, 6.07) is 34.9. The summed E-state index contributed by atoms with van der Waals surface area (Å²) in [6.45, 7) is 9.63. The lowest BCUT2D eigenvalue weighted by molar-refractivity contribution is -0.139. The molecule has 58 heavy (non-hydrogen) atoms. The number of carbonyl (C=O) groups excluding carboxylic acids is 4. The fraction of sp³-hybridized carbons (Fsp3) is 0.391. The van der Waals surface area contributed by atoms with Gasteiger partial charge >= 0.3 is 12.2 Å². The minimum Gasteiger partial charge on any atom is -0.453 e. The predicted octanol–water partition coefficient (Wildman–Crippen LogP) is 6.39. The monoisotopic (exact) mass is 791 g/mol. The van der Waals surface area contributed by atoms with Crippen molar-refractivity contribution in [2.24, 2.45) is 16.7 Å². The first-order chi connectivity index (χ1) is 27.6. The fourth-order valence-electron chi connectivity index (χ4n) is 7.19. The molecular weight excluding hydrogens is 735 g/mol. The van der Waals surface area contributed by atoms with E-state index >= 15 is 0 Å². The van der Waals surface area contributed by atoms with E-state index in [9.17, 15) is 24.3 Å². The molecule has 5 atom stereocenters. The van der Waals surface area contributed by atoms with E-state index in [1.54, 1.807) is 5.01 Å². The van der Waals surface area contributed by atoms with Crippen molar-refractivity contribution in [3.8, 4) is 11.1 Å². The van der Waals surface area contributed by atoms with E-state index in [4.69, 9.17) is 9.47 Å². The van der Waals surface area contributed by atoms with Crippen LogP contribution in [0.1, 0.15) is 57.7 Å². The molecule has 0 bridgehead atoms. The molecule has 308 valence electrons. The van der Waals surface area contributed by atoms with Gasteiger partial charge in [-0.3, -0.25) is 15.0 Å². The molecule has 1 fully saturated rings. The van der Waals surface area contributed by atoms with Gasteiger partial charge in [0.15, 0.2) is 0 Å². The Balaban J connectivity index is 1.32. The van der Waals surface area contributed by atoms with Gasteiger partial charge in [-0.25, -0.2) is 14.6 Å². The van der Waals surface area contributed by atoms with Gasteiger partial charge in [0.2, 0.25) is 5.91 Å². The molecule has 1 aliphatic rings. The van der Waals surface area contributed by atoms with E-state index < -0.39 is 53.0 Å². The highest BCUT2D eigenvalue weighted by molar-refractivity contribution is 5.86. The standard InChI is InChI=1S/C46H57N5O7/c1-45(2,3)40(49-43(55)57-6)42(54)50-51(28-32-22-24-35(25-23-32)34-20-14-9-15-21-34)29-38(52)37(26-31-16-10-7-11-17-31)47-41(53)36-27-39(46(36,4)5)48-44(56)58-30-33-18-12-8-13-19-33/h7-25,36-40,52H,26-30H2,1-6H3,(H,47,53)(H,48,56)(H,49,55)(H,50,54)/t36-,37-,38-,39-,40+/m0/s1. The van der Waals surface area contributed by atoms with Crippen molar-refractivity contribution in [2.75, 3.05) is 13.7 Å². The predicted molar refractivity (Wildman–Crippen MR) is 223 cm³/mol. The molecule has 0 radical (unpaired) electrons. The highest BCUT2D eigenvalue weighted by Crippen LogP contribution is 2.46. The third-order valence-corrected chi connectivity index (χ3v) is 10.9. The Kier molecular flexibility index (Phi) is 14.7. The molecule has 1 aliphatic carbocycles. The Hall–Kier alpha value is -5.72. The summed E-state index contributed by atoms with van der Waals surface area (Å²) < 4.78 is 10.2. The van der Waals surface area contributed by atoms with E-state index in [1.165, 1.54) is 7.11 Å². The highest BCUT2D eigenvalue weighted by Gasteiger charge is 2.53. The van der Waals surface area contributed by atoms with Gasteiger partial charge < -0.3 is 30.5 Å². The number of aliphatic hydroxyl groups excluding tert-OH is 1. The van der Waals surface area contributed by atoms with Crippen molar-refractivity contribution in [2.45, 2.75) is 84.8 Å². The third kappa shape index (κ3) is 11.9. The van der Waals surface area contributed by atoms with E-state index in [-0.39, 0.29) is 31.6 Å². The van der Waals surface area contributed by atoms with Gasteiger partial charge in [-0.15, -0.1) is 0 Å². The number of amides is 4. The largest absolute Gasteiger partial charge is 0.453 e. The fourth-order valence-corrected chi connectivity index (χ4v) is 7.19. The second-order valence-corrected chi connectivity index (χ2v) is 16.6. The number of ether oxygens (including phenoxy) is 2. The van der Waals surface area contributed by atoms with Gasteiger partial charge in [0.05, 0.1) is 19.3 Å². The number of hydrazine groups is 1. The summed E-state index contributed by atoms with van der Waals surface area (Å²) >= 11 is 0. The molecule has 5 N–H and O–H groups in total. The molecule has 4 aromatic rings. The van der Waals surface area contributed by atoms with Gasteiger partial charge in [0.25, 0.3) is 5.91 Å². The summed E-state index contributed by atoms with van der Waals surface area (Å²) in [5, 5.41) is 22.3. The zero-order valence-corrected chi connectivity index (χ0v) is 34.2. The first kappa shape index (κ1) is 43.4. The van der Waals surface area contributed by atoms with Crippen LogP contribution in [0.25, 0.3) is 11.1 Å². The molecule has 4 amide bonds. The smallest absolute Gasteiger partial charge is 0.407 e. The van der Waals surface area contributed by atoms with Crippen LogP contribution in [-0.2, 0) is 38.6 Å². The van der Waals surface area contributed by atoms with Gasteiger partial charge in [0.1, 0.15) is 12.6 Å². The van der Waals surface area contributed by atoms with Crippen molar-refractivity contribution < 1.29 is 33.8 Å². The Bertz CT molecular complexity index is 1950. The topological polar surface area (TPSA) is 158 Å². The molecule has 0 spiro atoms. The Morgan fingerprint density at radius 2 is 1.34 bits per heavy atom. The van der Waals surface area contributed by atoms with Crippen molar-refractivity contribution in [1.82, 2.24) is 26.4 Å².